The Morgan fingerprint density at radius 1 is 1.00 bits per heavy atom. The third kappa shape index (κ3) is 4.27. The van der Waals surface area contributed by atoms with Gasteiger partial charge in [0.2, 0.25) is 0 Å². The third-order valence-corrected chi connectivity index (χ3v) is 5.30. The summed E-state index contributed by atoms with van der Waals surface area (Å²) in [4.78, 5) is 37.9. The normalized spacial score (nSPS) is 18.2. The first-order chi connectivity index (χ1) is 14.3. The SMILES string of the molecule is CC(C)c1ccc([C@@H]2C(=C(O)c3ccccc3)C(=O)C(=O)N2CCCC(=O)O)cc1. The molecule has 3 rings (SSSR count). The van der Waals surface area contributed by atoms with Gasteiger partial charge in [0.1, 0.15) is 5.76 Å². The van der Waals surface area contributed by atoms with Crippen molar-refractivity contribution in [2.24, 2.45) is 0 Å². The highest BCUT2D eigenvalue weighted by atomic mass is 16.4. The van der Waals surface area contributed by atoms with Crippen LogP contribution in [-0.2, 0) is 14.4 Å². The number of carbonyl (C=O) groups is 3. The fourth-order valence-electron chi connectivity index (χ4n) is 3.67. The number of carboxylic acid groups (broad SMARTS) is 1. The minimum Gasteiger partial charge on any atom is -0.507 e. The van der Waals surface area contributed by atoms with Gasteiger partial charge in [0.25, 0.3) is 11.7 Å². The Bertz CT molecular complexity index is 976. The Morgan fingerprint density at radius 2 is 1.63 bits per heavy atom. The molecule has 0 unspecified atom stereocenters. The molecule has 1 fully saturated rings. The Hall–Kier alpha value is -3.41. The second-order valence-corrected chi connectivity index (χ2v) is 7.68. The van der Waals surface area contributed by atoms with Crippen molar-refractivity contribution in [1.29, 1.82) is 0 Å². The number of ketones is 1. The molecule has 1 aliphatic rings. The fraction of sp³-hybridized carbons (Fsp3) is 0.292. The van der Waals surface area contributed by atoms with Gasteiger partial charge in [-0.3, -0.25) is 14.4 Å². The van der Waals surface area contributed by atoms with Crippen molar-refractivity contribution in [2.75, 3.05) is 6.54 Å². The van der Waals surface area contributed by atoms with Gasteiger partial charge in [0, 0.05) is 18.5 Å². The fourth-order valence-corrected chi connectivity index (χ4v) is 3.67. The molecule has 0 saturated carbocycles. The number of carboxylic acids is 1. The van der Waals surface area contributed by atoms with Crippen LogP contribution < -0.4 is 0 Å². The van der Waals surface area contributed by atoms with Crippen LogP contribution in [0.5, 0.6) is 0 Å². The van der Waals surface area contributed by atoms with Crippen LogP contribution in [0.25, 0.3) is 5.76 Å². The molecule has 0 aliphatic carbocycles. The maximum atomic E-state index is 12.9. The van der Waals surface area contributed by atoms with Crippen LogP contribution in [-0.4, -0.2) is 39.3 Å². The lowest BCUT2D eigenvalue weighted by Crippen LogP contribution is -2.31. The van der Waals surface area contributed by atoms with E-state index in [1.807, 2.05) is 24.3 Å². The van der Waals surface area contributed by atoms with Crippen molar-refractivity contribution in [3.8, 4) is 0 Å². The lowest BCUT2D eigenvalue weighted by Gasteiger charge is -2.25. The molecule has 0 radical (unpaired) electrons. The lowest BCUT2D eigenvalue weighted by atomic mass is 9.93. The van der Waals surface area contributed by atoms with Crippen LogP contribution in [0, 0.1) is 0 Å². The van der Waals surface area contributed by atoms with Gasteiger partial charge in [-0.25, -0.2) is 0 Å². The molecule has 6 heteroatoms. The summed E-state index contributed by atoms with van der Waals surface area (Å²) < 4.78 is 0. The molecule has 0 bridgehead atoms. The van der Waals surface area contributed by atoms with E-state index < -0.39 is 23.7 Å². The number of hydrogen-bond donors (Lipinski definition) is 2. The summed E-state index contributed by atoms with van der Waals surface area (Å²) in [6.07, 6.45) is 0.106. The van der Waals surface area contributed by atoms with Crippen LogP contribution >= 0.6 is 0 Å². The molecule has 1 amide bonds. The predicted octanol–water partition coefficient (Wildman–Crippen LogP) is 4.10. The molecule has 0 spiro atoms. The molecule has 0 aromatic heterocycles. The maximum absolute atomic E-state index is 12.9. The van der Waals surface area contributed by atoms with Gasteiger partial charge in [-0.05, 0) is 23.5 Å². The van der Waals surface area contributed by atoms with E-state index in [-0.39, 0.29) is 30.7 Å². The molecule has 2 aromatic rings. The van der Waals surface area contributed by atoms with Crippen molar-refractivity contribution < 1.29 is 24.6 Å². The zero-order valence-electron chi connectivity index (χ0n) is 17.0. The standard InChI is InChI=1S/C24H25NO5/c1-15(2)16-10-12-17(13-11-16)21-20(22(28)18-7-4-3-5-8-18)23(29)24(30)25(21)14-6-9-19(26)27/h3-5,7-8,10-13,15,21,28H,6,9,14H2,1-2H3,(H,26,27)/t21-/m1/s1. The third-order valence-electron chi connectivity index (χ3n) is 5.30. The number of aliphatic carboxylic acids is 1. The Balaban J connectivity index is 2.08. The summed E-state index contributed by atoms with van der Waals surface area (Å²) >= 11 is 0. The van der Waals surface area contributed by atoms with Crippen LogP contribution in [0.15, 0.2) is 60.2 Å². The van der Waals surface area contributed by atoms with E-state index in [9.17, 15) is 19.5 Å². The van der Waals surface area contributed by atoms with Crippen LogP contribution in [0.1, 0.15) is 55.3 Å². The number of likely N-dealkylation sites (tertiary alicyclic amines) is 1. The summed E-state index contributed by atoms with van der Waals surface area (Å²) in [5.41, 5.74) is 2.29. The van der Waals surface area contributed by atoms with E-state index >= 15 is 0 Å². The van der Waals surface area contributed by atoms with Crippen LogP contribution in [0.3, 0.4) is 0 Å². The number of nitrogens with zero attached hydrogens (tertiary/aromatic N) is 1. The average Bonchev–Trinajstić information content (AvgIpc) is 2.98. The van der Waals surface area contributed by atoms with Crippen molar-refractivity contribution >= 4 is 23.4 Å². The second kappa shape index (κ2) is 8.95. The molecule has 1 atom stereocenters. The summed E-state index contributed by atoms with van der Waals surface area (Å²) in [5, 5.41) is 19.8. The van der Waals surface area contributed by atoms with Gasteiger partial charge in [-0.15, -0.1) is 0 Å². The predicted molar refractivity (Wildman–Crippen MR) is 113 cm³/mol. The van der Waals surface area contributed by atoms with Crippen molar-refractivity contribution in [3.63, 3.8) is 0 Å². The highest BCUT2D eigenvalue weighted by Crippen LogP contribution is 2.39. The van der Waals surface area contributed by atoms with Crippen molar-refractivity contribution in [1.82, 2.24) is 4.90 Å². The summed E-state index contributed by atoms with van der Waals surface area (Å²) in [7, 11) is 0. The number of rotatable bonds is 7. The van der Waals surface area contributed by atoms with Gasteiger partial charge in [0.05, 0.1) is 11.6 Å². The lowest BCUT2D eigenvalue weighted by molar-refractivity contribution is -0.140. The van der Waals surface area contributed by atoms with E-state index in [1.54, 1.807) is 30.3 Å². The highest BCUT2D eigenvalue weighted by Gasteiger charge is 2.45. The minimum absolute atomic E-state index is 0.0267. The van der Waals surface area contributed by atoms with Crippen LogP contribution in [0.2, 0.25) is 0 Å². The van der Waals surface area contributed by atoms with Crippen LogP contribution in [0.4, 0.5) is 0 Å². The van der Waals surface area contributed by atoms with Gasteiger partial charge in [0.15, 0.2) is 0 Å². The topological polar surface area (TPSA) is 94.9 Å². The van der Waals surface area contributed by atoms with E-state index in [2.05, 4.69) is 13.8 Å². The van der Waals surface area contributed by atoms with E-state index in [1.165, 1.54) is 4.90 Å². The molecular weight excluding hydrogens is 382 g/mol. The highest BCUT2D eigenvalue weighted by molar-refractivity contribution is 6.46. The first-order valence-electron chi connectivity index (χ1n) is 9.96. The molecule has 2 aromatic carbocycles. The van der Waals surface area contributed by atoms with E-state index in [0.717, 1.165) is 5.56 Å². The van der Waals surface area contributed by atoms with Gasteiger partial charge >= 0.3 is 5.97 Å². The molecule has 1 saturated heterocycles. The number of hydrogen-bond acceptors (Lipinski definition) is 4. The van der Waals surface area contributed by atoms with Crippen molar-refractivity contribution in [2.45, 2.75) is 38.6 Å². The number of Topliss-reactive ketones (excluding diaryl/α,β-unsaturated/α-hetero) is 1. The number of aliphatic hydroxyl groups is 1. The Morgan fingerprint density at radius 3 is 2.20 bits per heavy atom. The Labute approximate surface area is 175 Å². The average molecular weight is 407 g/mol. The minimum atomic E-state index is -0.964. The number of amides is 1. The smallest absolute Gasteiger partial charge is 0.303 e. The summed E-state index contributed by atoms with van der Waals surface area (Å²) in [6, 6.07) is 15.5. The van der Waals surface area contributed by atoms with Gasteiger partial charge in [-0.2, -0.15) is 0 Å². The van der Waals surface area contributed by atoms with Gasteiger partial charge in [-0.1, -0.05) is 68.4 Å². The zero-order valence-corrected chi connectivity index (χ0v) is 17.0. The molecule has 1 heterocycles. The number of carbonyl (C=O) groups excluding carboxylic acids is 2. The molecule has 1 aliphatic heterocycles. The molecule has 156 valence electrons. The Kier molecular flexibility index (Phi) is 6.35. The first kappa shape index (κ1) is 21.3. The first-order valence-corrected chi connectivity index (χ1v) is 9.96. The quantitative estimate of drug-likeness (QED) is 0.409. The summed E-state index contributed by atoms with van der Waals surface area (Å²) in [6.45, 7) is 4.25. The second-order valence-electron chi connectivity index (χ2n) is 7.68. The monoisotopic (exact) mass is 407 g/mol. The summed E-state index contributed by atoms with van der Waals surface area (Å²) in [5.74, 6) is -2.35. The molecule has 30 heavy (non-hydrogen) atoms. The van der Waals surface area contributed by atoms with E-state index in [0.29, 0.717) is 17.0 Å². The number of benzene rings is 2. The maximum Gasteiger partial charge on any atom is 0.303 e. The zero-order chi connectivity index (χ0) is 21.8. The molecular formula is C24H25NO5. The van der Waals surface area contributed by atoms with E-state index in [4.69, 9.17) is 5.11 Å². The molecule has 6 nitrogen and oxygen atoms in total. The van der Waals surface area contributed by atoms with Gasteiger partial charge < -0.3 is 15.1 Å². The molecule has 2 N–H and O–H groups in total. The van der Waals surface area contributed by atoms with Crippen molar-refractivity contribution in [3.05, 3.63) is 76.9 Å². The largest absolute Gasteiger partial charge is 0.507 e. The number of aliphatic hydroxyl groups excluding tert-OH is 1.